The van der Waals surface area contributed by atoms with Crippen molar-refractivity contribution in [1.29, 1.82) is 0 Å². The molecule has 130 valence electrons. The Labute approximate surface area is 142 Å². The number of rotatable bonds is 4. The molecule has 6 nitrogen and oxygen atoms in total. The first-order valence-corrected chi connectivity index (χ1v) is 9.11. The third kappa shape index (κ3) is 3.49. The number of hydrogen-bond donors (Lipinski definition) is 2. The summed E-state index contributed by atoms with van der Waals surface area (Å²) in [5, 5.41) is 0. The average molecular weight is 333 g/mol. The van der Waals surface area contributed by atoms with E-state index in [1.54, 1.807) is 4.90 Å². The molecule has 1 amide bonds. The maximum absolute atomic E-state index is 12.3. The molecule has 2 fully saturated rings. The molecule has 0 bridgehead atoms. The number of nitrogens with zero attached hydrogens (tertiary/aromatic N) is 1. The van der Waals surface area contributed by atoms with Crippen LogP contribution in [-0.2, 0) is 11.3 Å². The van der Waals surface area contributed by atoms with Crippen LogP contribution in [-0.4, -0.2) is 63.4 Å². The van der Waals surface area contributed by atoms with E-state index in [1.807, 2.05) is 11.0 Å². The Kier molecular flexibility index (Phi) is 4.58. The Morgan fingerprint density at radius 2 is 1.71 bits per heavy atom. The first kappa shape index (κ1) is 15.7. The van der Waals surface area contributed by atoms with Crippen LogP contribution in [0.2, 0.25) is 0 Å². The minimum absolute atomic E-state index is 0.332. The van der Waals surface area contributed by atoms with Crippen molar-refractivity contribution in [3.8, 4) is 11.5 Å². The highest BCUT2D eigenvalue weighted by Crippen LogP contribution is 2.32. The number of quaternary nitrogens is 2. The van der Waals surface area contributed by atoms with E-state index in [-0.39, 0.29) is 0 Å². The summed E-state index contributed by atoms with van der Waals surface area (Å²) in [7, 11) is 0. The Bertz CT molecular complexity index is 593. The number of hydrogen-bond acceptors (Lipinski definition) is 3. The van der Waals surface area contributed by atoms with Crippen molar-refractivity contribution in [2.45, 2.75) is 19.4 Å². The van der Waals surface area contributed by atoms with Crippen LogP contribution in [0.25, 0.3) is 0 Å². The van der Waals surface area contributed by atoms with E-state index < -0.39 is 0 Å². The number of ether oxygens (including phenoxy) is 2. The van der Waals surface area contributed by atoms with Gasteiger partial charge in [-0.15, -0.1) is 0 Å². The van der Waals surface area contributed by atoms with Crippen LogP contribution in [0.15, 0.2) is 18.2 Å². The maximum Gasteiger partial charge on any atom is 0.277 e. The zero-order valence-corrected chi connectivity index (χ0v) is 14.2. The fraction of sp³-hybridized carbons (Fsp3) is 0.611. The molecule has 6 heteroatoms. The van der Waals surface area contributed by atoms with E-state index >= 15 is 0 Å². The normalized spacial score (nSPS) is 25.9. The number of amides is 1. The van der Waals surface area contributed by atoms with Crippen LogP contribution < -0.4 is 19.3 Å². The van der Waals surface area contributed by atoms with Gasteiger partial charge in [-0.1, -0.05) is 0 Å². The van der Waals surface area contributed by atoms with E-state index in [2.05, 4.69) is 12.1 Å². The van der Waals surface area contributed by atoms with Crippen LogP contribution in [0.5, 0.6) is 11.5 Å². The number of benzene rings is 1. The van der Waals surface area contributed by atoms with Crippen molar-refractivity contribution in [3.63, 3.8) is 0 Å². The number of nitrogens with one attached hydrogen (secondary N) is 2. The lowest BCUT2D eigenvalue weighted by Gasteiger charge is -2.30. The molecule has 0 atom stereocenters. The third-order valence-corrected chi connectivity index (χ3v) is 5.42. The van der Waals surface area contributed by atoms with Gasteiger partial charge in [-0.05, 0) is 31.0 Å². The highest BCUT2D eigenvalue weighted by atomic mass is 16.7. The van der Waals surface area contributed by atoms with E-state index in [9.17, 15) is 4.79 Å². The van der Waals surface area contributed by atoms with Gasteiger partial charge in [-0.2, -0.15) is 0 Å². The maximum atomic E-state index is 12.3. The molecule has 4 rings (SSSR count). The summed E-state index contributed by atoms with van der Waals surface area (Å²) in [5.41, 5.74) is 1.30. The van der Waals surface area contributed by atoms with E-state index in [1.165, 1.54) is 23.3 Å². The molecule has 0 aromatic heterocycles. The Balaban J connectivity index is 1.25. The molecule has 3 heterocycles. The highest BCUT2D eigenvalue weighted by molar-refractivity contribution is 5.77. The summed E-state index contributed by atoms with van der Waals surface area (Å²) >= 11 is 0. The lowest BCUT2D eigenvalue weighted by atomic mass is 10.1. The number of carbonyl (C=O) groups excluding carboxylic acids is 1. The lowest BCUT2D eigenvalue weighted by Crippen LogP contribution is -3.28. The second kappa shape index (κ2) is 6.99. The van der Waals surface area contributed by atoms with Gasteiger partial charge in [0.2, 0.25) is 6.79 Å². The minimum Gasteiger partial charge on any atom is -0.454 e. The second-order valence-electron chi connectivity index (χ2n) is 7.13. The smallest absolute Gasteiger partial charge is 0.277 e. The Hall–Kier alpha value is -1.79. The van der Waals surface area contributed by atoms with Gasteiger partial charge in [-0.25, -0.2) is 0 Å². The Morgan fingerprint density at radius 3 is 2.50 bits per heavy atom. The van der Waals surface area contributed by atoms with Crippen LogP contribution in [0, 0.1) is 0 Å². The molecule has 24 heavy (non-hydrogen) atoms. The van der Waals surface area contributed by atoms with Crippen molar-refractivity contribution < 1.29 is 24.1 Å². The summed E-state index contributed by atoms with van der Waals surface area (Å²) < 4.78 is 10.8. The number of carbonyl (C=O) groups is 1. The van der Waals surface area contributed by atoms with Gasteiger partial charge in [0.1, 0.15) is 32.7 Å². The quantitative estimate of drug-likeness (QED) is 0.692. The first-order chi connectivity index (χ1) is 11.8. The van der Waals surface area contributed by atoms with Gasteiger partial charge in [-0.3, -0.25) is 4.79 Å². The zero-order chi connectivity index (χ0) is 16.4. The van der Waals surface area contributed by atoms with Gasteiger partial charge in [0.05, 0.1) is 0 Å². The molecule has 0 aliphatic carbocycles. The van der Waals surface area contributed by atoms with Gasteiger partial charge in [0.15, 0.2) is 18.0 Å². The molecule has 1 aromatic rings. The zero-order valence-electron chi connectivity index (χ0n) is 14.2. The largest absolute Gasteiger partial charge is 0.454 e. The fourth-order valence-electron chi connectivity index (χ4n) is 3.94. The molecule has 0 spiro atoms. The molecule has 2 N–H and O–H groups in total. The predicted molar refractivity (Wildman–Crippen MR) is 88.3 cm³/mol. The summed E-state index contributed by atoms with van der Waals surface area (Å²) in [4.78, 5) is 17.3. The topological polar surface area (TPSA) is 47.7 Å². The summed E-state index contributed by atoms with van der Waals surface area (Å²) in [6.07, 6.45) is 2.35. The van der Waals surface area contributed by atoms with Crippen LogP contribution >= 0.6 is 0 Å². The summed E-state index contributed by atoms with van der Waals surface area (Å²) in [6, 6.07) is 6.25. The fourth-order valence-corrected chi connectivity index (χ4v) is 3.94. The van der Waals surface area contributed by atoms with Crippen molar-refractivity contribution in [1.82, 2.24) is 4.90 Å². The van der Waals surface area contributed by atoms with Crippen molar-refractivity contribution in [2.24, 2.45) is 0 Å². The van der Waals surface area contributed by atoms with Crippen LogP contribution in [0.1, 0.15) is 18.4 Å². The molecule has 1 aromatic carbocycles. The molecule has 0 unspecified atom stereocenters. The third-order valence-electron chi connectivity index (χ3n) is 5.42. The standard InChI is InChI=1S/C18H25N3O3/c22-18(21-5-1-2-6-21)13-20-9-7-19(8-10-20)12-15-3-4-16-17(11-15)24-14-23-16/h3-4,11H,1-2,5-10,12-14H2/p+2. The van der Waals surface area contributed by atoms with Crippen molar-refractivity contribution in [2.75, 3.05) is 52.6 Å². The Morgan fingerprint density at radius 1 is 1.00 bits per heavy atom. The van der Waals surface area contributed by atoms with Gasteiger partial charge < -0.3 is 24.2 Å². The summed E-state index contributed by atoms with van der Waals surface area (Å²) in [6.45, 7) is 8.37. The molecule has 3 aliphatic rings. The second-order valence-corrected chi connectivity index (χ2v) is 7.13. The average Bonchev–Trinajstić information content (AvgIpc) is 3.27. The number of fused-ring (bicyclic) bond motifs is 1. The van der Waals surface area contributed by atoms with Gasteiger partial charge in [0.25, 0.3) is 5.91 Å². The molecule has 0 saturated carbocycles. The van der Waals surface area contributed by atoms with Crippen molar-refractivity contribution in [3.05, 3.63) is 23.8 Å². The molecule has 3 aliphatic heterocycles. The highest BCUT2D eigenvalue weighted by Gasteiger charge is 2.28. The number of piperazine rings is 1. The van der Waals surface area contributed by atoms with Crippen molar-refractivity contribution >= 4 is 5.91 Å². The number of likely N-dealkylation sites (tertiary alicyclic amines) is 1. The van der Waals surface area contributed by atoms with Gasteiger partial charge in [0, 0.05) is 18.7 Å². The van der Waals surface area contributed by atoms with E-state index in [0.717, 1.165) is 57.3 Å². The van der Waals surface area contributed by atoms with Crippen LogP contribution in [0.4, 0.5) is 0 Å². The molecular formula is C18H27N3O3+2. The van der Waals surface area contributed by atoms with E-state index in [0.29, 0.717) is 19.2 Å². The predicted octanol–water partition coefficient (Wildman–Crippen LogP) is -1.68. The van der Waals surface area contributed by atoms with Gasteiger partial charge >= 0.3 is 0 Å². The minimum atomic E-state index is 0.332. The van der Waals surface area contributed by atoms with E-state index in [4.69, 9.17) is 9.47 Å². The summed E-state index contributed by atoms with van der Waals surface area (Å²) in [5.74, 6) is 2.07. The van der Waals surface area contributed by atoms with Crippen LogP contribution in [0.3, 0.4) is 0 Å². The molecule has 0 radical (unpaired) electrons. The molecule has 2 saturated heterocycles. The SMILES string of the molecule is O=C(C[NH+]1CC[NH+](Cc2ccc3c(c2)OCO3)CC1)N1CCCC1. The first-order valence-electron chi connectivity index (χ1n) is 9.11. The monoisotopic (exact) mass is 333 g/mol. The molecular weight excluding hydrogens is 306 g/mol. The lowest BCUT2D eigenvalue weighted by molar-refractivity contribution is -1.02.